The van der Waals surface area contributed by atoms with E-state index in [1.807, 2.05) is 111 Å². The summed E-state index contributed by atoms with van der Waals surface area (Å²) in [6.07, 6.45) is 0. The standard InChI is InChI=1S/C64H45Cl3N8O5/c1-33-9-8-10-41(25-33)75(3)80-32-36-26-34-13-19-44-46-28-37(65)15-23-52(46)68-57(44)55(34)59(62(36)78-4)72-70-39-17-21-42-43-22-18-40(31-49(43)61(76)48(42)30-39)71-73-60-56-35(14-20-45-47-29-38(66)16-24-53(47)69-58(45)56)27-50(63(60)79-5)64(77)74(2)54-12-7-6-11-51(54)67/h6-31,68-69H,32H2,1-5H3. The number of hydrogen-bond acceptors (Lipinski definition) is 10. The normalized spacial score (nSPS) is 12.3. The maximum Gasteiger partial charge on any atom is 0.261 e. The molecule has 1 aliphatic rings. The number of nitrogens with zero attached hydrogens (tertiary/aromatic N) is 6. The molecule has 0 unspecified atom stereocenters. The Balaban J connectivity index is 0.870. The number of ketones is 1. The molecule has 0 atom stereocenters. The molecule has 0 fully saturated rings. The lowest BCUT2D eigenvalue weighted by Crippen LogP contribution is -2.27. The van der Waals surface area contributed by atoms with E-state index in [1.54, 1.807) is 61.7 Å². The van der Waals surface area contributed by atoms with Crippen molar-refractivity contribution < 1.29 is 23.9 Å². The van der Waals surface area contributed by atoms with Crippen LogP contribution >= 0.6 is 34.8 Å². The summed E-state index contributed by atoms with van der Waals surface area (Å²) < 4.78 is 12.3. The largest absolute Gasteiger partial charge is 0.494 e. The average molecular weight is 1110 g/mol. The van der Waals surface area contributed by atoms with Gasteiger partial charge in [0.05, 0.1) is 58.6 Å². The summed E-state index contributed by atoms with van der Waals surface area (Å²) in [5.41, 5.74) is 10.9. The predicted molar refractivity (Wildman–Crippen MR) is 322 cm³/mol. The van der Waals surface area contributed by atoms with Crippen LogP contribution in [0.2, 0.25) is 15.1 Å². The van der Waals surface area contributed by atoms with Crippen LogP contribution in [0.25, 0.3) is 76.3 Å². The number of ether oxygens (including phenoxy) is 2. The molecule has 12 aromatic rings. The van der Waals surface area contributed by atoms with Crippen LogP contribution < -0.4 is 19.4 Å². The molecule has 80 heavy (non-hydrogen) atoms. The van der Waals surface area contributed by atoms with Crippen molar-refractivity contribution in [2.75, 3.05) is 38.3 Å². The maximum absolute atomic E-state index is 14.5. The molecule has 2 aromatic heterocycles. The van der Waals surface area contributed by atoms with E-state index in [9.17, 15) is 9.59 Å². The Bertz CT molecular complexity index is 4680. The van der Waals surface area contributed by atoms with Crippen molar-refractivity contribution in [2.24, 2.45) is 20.5 Å². The topological polar surface area (TPSA) is 149 Å². The predicted octanol–water partition coefficient (Wildman–Crippen LogP) is 18.4. The van der Waals surface area contributed by atoms with Crippen molar-refractivity contribution in [2.45, 2.75) is 13.5 Å². The second-order valence-electron chi connectivity index (χ2n) is 19.6. The van der Waals surface area contributed by atoms with Gasteiger partial charge in [-0.2, -0.15) is 10.2 Å². The Kier molecular flexibility index (Phi) is 12.6. The second-order valence-corrected chi connectivity index (χ2v) is 20.9. The summed E-state index contributed by atoms with van der Waals surface area (Å²) in [6.45, 7) is 2.21. The quantitative estimate of drug-likeness (QED) is 0.0919. The van der Waals surface area contributed by atoms with Gasteiger partial charge in [0.25, 0.3) is 5.91 Å². The van der Waals surface area contributed by atoms with Gasteiger partial charge in [-0.05, 0) is 131 Å². The van der Waals surface area contributed by atoms with Gasteiger partial charge in [0.1, 0.15) is 18.0 Å². The monoisotopic (exact) mass is 1110 g/mol. The Labute approximate surface area is 472 Å². The first-order valence-corrected chi connectivity index (χ1v) is 26.6. The van der Waals surface area contributed by atoms with E-state index in [1.165, 1.54) is 12.0 Å². The third-order valence-electron chi connectivity index (χ3n) is 14.9. The Morgan fingerprint density at radius 2 is 1.14 bits per heavy atom. The number of amides is 1. The van der Waals surface area contributed by atoms with Gasteiger partial charge in [0.15, 0.2) is 17.3 Å². The van der Waals surface area contributed by atoms with Crippen LogP contribution in [0.5, 0.6) is 11.5 Å². The number of H-pyrrole nitrogens is 2. The number of fused-ring (bicyclic) bond motifs is 13. The van der Waals surface area contributed by atoms with Gasteiger partial charge in [-0.1, -0.05) is 95.5 Å². The summed E-state index contributed by atoms with van der Waals surface area (Å²) in [5.74, 6) is 0.104. The van der Waals surface area contributed by atoms with Crippen molar-refractivity contribution >= 4 is 146 Å². The van der Waals surface area contributed by atoms with Gasteiger partial charge in [-0.15, -0.1) is 10.2 Å². The molecule has 13 nitrogen and oxygen atoms in total. The van der Waals surface area contributed by atoms with E-state index in [2.05, 4.69) is 28.2 Å². The summed E-state index contributed by atoms with van der Waals surface area (Å²) >= 11 is 19.6. The zero-order valence-corrected chi connectivity index (χ0v) is 45.8. The first-order chi connectivity index (χ1) is 38.8. The highest BCUT2D eigenvalue weighted by Crippen LogP contribution is 2.48. The molecule has 16 heteroatoms. The maximum atomic E-state index is 14.5. The fourth-order valence-electron chi connectivity index (χ4n) is 11.0. The number of methoxy groups -OCH3 is 2. The number of rotatable bonds is 12. The molecule has 0 bridgehead atoms. The molecule has 0 saturated heterocycles. The highest BCUT2D eigenvalue weighted by molar-refractivity contribution is 6.35. The average Bonchev–Trinajstić information content (AvgIpc) is 4.29. The number of hydrogen-bond donors (Lipinski definition) is 2. The van der Waals surface area contributed by atoms with E-state index in [4.69, 9.17) is 69.6 Å². The van der Waals surface area contributed by atoms with E-state index in [-0.39, 0.29) is 29.6 Å². The summed E-state index contributed by atoms with van der Waals surface area (Å²) in [7, 11) is 6.63. The fourth-order valence-corrected chi connectivity index (χ4v) is 11.6. The minimum absolute atomic E-state index is 0.168. The number of benzene rings is 10. The number of aromatic amines is 2. The van der Waals surface area contributed by atoms with Crippen molar-refractivity contribution in [1.82, 2.24) is 9.97 Å². The van der Waals surface area contributed by atoms with Crippen LogP contribution in [0.1, 0.15) is 37.4 Å². The second kappa shape index (κ2) is 20.0. The van der Waals surface area contributed by atoms with Gasteiger partial charge in [0, 0.05) is 84.2 Å². The molecule has 0 aliphatic heterocycles. The smallest absolute Gasteiger partial charge is 0.261 e. The lowest BCUT2D eigenvalue weighted by Gasteiger charge is -2.21. The van der Waals surface area contributed by atoms with Crippen LogP contribution in [0, 0.1) is 6.92 Å². The van der Waals surface area contributed by atoms with Gasteiger partial charge in [-0.25, -0.2) is 0 Å². The molecule has 2 N–H and O–H groups in total. The minimum Gasteiger partial charge on any atom is -0.494 e. The number of carbonyl (C=O) groups excluding carboxylic acids is 2. The van der Waals surface area contributed by atoms with E-state index in [0.29, 0.717) is 71.2 Å². The number of aromatic nitrogens is 2. The van der Waals surface area contributed by atoms with Crippen molar-refractivity contribution in [3.8, 4) is 22.6 Å². The van der Waals surface area contributed by atoms with Gasteiger partial charge in [-0.3, -0.25) is 19.5 Å². The van der Waals surface area contributed by atoms with Crippen molar-refractivity contribution in [3.05, 3.63) is 201 Å². The van der Waals surface area contributed by atoms with E-state index < -0.39 is 0 Å². The molecule has 0 saturated carbocycles. The zero-order chi connectivity index (χ0) is 55.1. The molecule has 1 amide bonds. The molecule has 392 valence electrons. The summed E-state index contributed by atoms with van der Waals surface area (Å²) in [5, 5.41) is 29.6. The number of anilines is 2. The molecule has 2 heterocycles. The van der Waals surface area contributed by atoms with Crippen LogP contribution in [0.15, 0.2) is 178 Å². The number of carbonyl (C=O) groups is 2. The highest BCUT2D eigenvalue weighted by atomic mass is 35.5. The zero-order valence-electron chi connectivity index (χ0n) is 43.6. The van der Waals surface area contributed by atoms with E-state index in [0.717, 1.165) is 82.3 Å². The number of halogens is 3. The molecule has 13 rings (SSSR count). The van der Waals surface area contributed by atoms with Crippen molar-refractivity contribution in [3.63, 3.8) is 0 Å². The van der Waals surface area contributed by atoms with Crippen molar-refractivity contribution in [1.29, 1.82) is 0 Å². The minimum atomic E-state index is -0.373. The molecule has 0 spiro atoms. The first kappa shape index (κ1) is 50.4. The molecular weight excluding hydrogens is 1070 g/mol. The third-order valence-corrected chi connectivity index (χ3v) is 15.7. The number of hydroxylamine groups is 1. The fraction of sp³-hybridized carbons (Fsp3) is 0.0938. The SMILES string of the molecule is COc1c(CON(C)c2cccc(C)c2)cc2ccc3c4cc(Cl)ccc4[nH]c3c2c1N=Nc1ccc2c(c1)C(=O)c1cc(N=Nc3c(OC)c(C(=O)N(C)c4ccccc4Cl)cc4ccc5c6cc(Cl)ccc6[nH]c5c34)ccc1-2. The Morgan fingerprint density at radius 1 is 0.562 bits per heavy atom. The third kappa shape index (κ3) is 8.53. The lowest BCUT2D eigenvalue weighted by atomic mass is 9.99. The van der Waals surface area contributed by atoms with Crippen LogP contribution in [-0.4, -0.2) is 50.0 Å². The van der Waals surface area contributed by atoms with Gasteiger partial charge < -0.3 is 24.3 Å². The number of para-hydroxylation sites is 1. The van der Waals surface area contributed by atoms with E-state index >= 15 is 0 Å². The number of azo groups is 2. The molecule has 10 aromatic carbocycles. The summed E-state index contributed by atoms with van der Waals surface area (Å²) in [4.78, 5) is 44.0. The molecule has 1 aliphatic carbocycles. The Hall–Kier alpha value is -9.11. The molecule has 0 radical (unpaired) electrons. The van der Waals surface area contributed by atoms with Crippen LogP contribution in [-0.2, 0) is 11.4 Å². The van der Waals surface area contributed by atoms with Gasteiger partial charge in [0.2, 0.25) is 0 Å². The number of nitrogens with one attached hydrogen (secondary N) is 2. The highest BCUT2D eigenvalue weighted by Gasteiger charge is 2.29. The lowest BCUT2D eigenvalue weighted by molar-refractivity contribution is 0.0989. The van der Waals surface area contributed by atoms with Gasteiger partial charge >= 0.3 is 0 Å². The van der Waals surface area contributed by atoms with Crippen LogP contribution in [0.3, 0.4) is 0 Å². The van der Waals surface area contributed by atoms with Crippen LogP contribution in [0.4, 0.5) is 34.1 Å². The molecular formula is C64H45Cl3N8O5. The number of aryl methyl sites for hydroxylation is 1. The first-order valence-electron chi connectivity index (χ1n) is 25.5. The summed E-state index contributed by atoms with van der Waals surface area (Å²) in [6, 6.07) is 49.3. The Morgan fingerprint density at radius 3 is 1.71 bits per heavy atom.